The third-order valence-electron chi connectivity index (χ3n) is 7.69. The van der Waals surface area contributed by atoms with Gasteiger partial charge in [0.1, 0.15) is 11.5 Å². The van der Waals surface area contributed by atoms with Crippen molar-refractivity contribution < 1.29 is 24.1 Å². The Balaban J connectivity index is 1.47. The Bertz CT molecular complexity index is 1700. The molecular formula is C37H37Cl2N3O5. The lowest BCUT2D eigenvalue weighted by atomic mass is 9.84. The van der Waals surface area contributed by atoms with E-state index in [2.05, 4.69) is 10.9 Å². The van der Waals surface area contributed by atoms with Crippen LogP contribution in [-0.2, 0) is 16.0 Å². The molecule has 0 unspecified atom stereocenters. The molecule has 1 amide bonds. The summed E-state index contributed by atoms with van der Waals surface area (Å²) in [7, 11) is 1.63. The van der Waals surface area contributed by atoms with Crippen LogP contribution >= 0.6 is 23.2 Å². The maximum Gasteiger partial charge on any atom is 0.266 e. The highest BCUT2D eigenvalue weighted by atomic mass is 35.5. The van der Waals surface area contributed by atoms with Gasteiger partial charge in [0.05, 0.1) is 13.7 Å². The van der Waals surface area contributed by atoms with Gasteiger partial charge in [0.2, 0.25) is 5.90 Å². The molecule has 2 atom stereocenters. The van der Waals surface area contributed by atoms with Crippen molar-refractivity contribution in [2.24, 2.45) is 4.99 Å². The number of hydrazine groups is 1. The number of ether oxygens (including phenoxy) is 3. The fourth-order valence-corrected chi connectivity index (χ4v) is 5.74. The number of hydrogen-bond acceptors (Lipinski definition) is 7. The predicted molar refractivity (Wildman–Crippen MR) is 186 cm³/mol. The molecule has 0 bridgehead atoms. The van der Waals surface area contributed by atoms with Gasteiger partial charge in [0.25, 0.3) is 5.91 Å². The molecule has 3 N–H and O–H groups in total. The summed E-state index contributed by atoms with van der Waals surface area (Å²) in [6.07, 6.45) is 4.41. The topological polar surface area (TPSA) is 101 Å². The van der Waals surface area contributed by atoms with E-state index in [4.69, 9.17) is 47.5 Å². The van der Waals surface area contributed by atoms with Crippen LogP contribution < -0.4 is 20.3 Å². The average molecular weight is 675 g/mol. The van der Waals surface area contributed by atoms with E-state index in [-0.39, 0.29) is 18.9 Å². The van der Waals surface area contributed by atoms with E-state index >= 15 is 0 Å². The SMILES string of the molecule is COc1cccc(CCNNC(=O)[C@@]2(C/C=C/c3ccccc3)N=C(c3ccc(OCCCO)cc3)O[C@H]2c2ccc(Cl)cc2Cl)c1. The molecule has 10 heteroatoms. The number of methoxy groups -OCH3 is 1. The number of aliphatic imine (C=N–C) groups is 1. The predicted octanol–water partition coefficient (Wildman–Crippen LogP) is 6.99. The van der Waals surface area contributed by atoms with E-state index in [0.29, 0.717) is 58.8 Å². The van der Waals surface area contributed by atoms with Gasteiger partial charge in [-0.25, -0.2) is 10.4 Å². The largest absolute Gasteiger partial charge is 0.497 e. The van der Waals surface area contributed by atoms with Crippen molar-refractivity contribution in [3.63, 3.8) is 0 Å². The van der Waals surface area contributed by atoms with Crippen LogP contribution in [0.5, 0.6) is 11.5 Å². The van der Waals surface area contributed by atoms with E-state index in [1.54, 1.807) is 37.4 Å². The molecule has 0 fully saturated rings. The summed E-state index contributed by atoms with van der Waals surface area (Å²) in [5.74, 6) is 1.33. The van der Waals surface area contributed by atoms with Gasteiger partial charge < -0.3 is 19.3 Å². The molecule has 1 aliphatic rings. The lowest BCUT2D eigenvalue weighted by Gasteiger charge is -2.30. The van der Waals surface area contributed by atoms with Gasteiger partial charge in [-0.2, -0.15) is 0 Å². The Morgan fingerprint density at radius 1 is 1.00 bits per heavy atom. The van der Waals surface area contributed by atoms with Gasteiger partial charge in [0, 0.05) is 47.2 Å². The van der Waals surface area contributed by atoms with Crippen LogP contribution in [0.25, 0.3) is 6.08 Å². The highest BCUT2D eigenvalue weighted by Gasteiger charge is 2.53. The summed E-state index contributed by atoms with van der Waals surface area (Å²) in [6, 6.07) is 30.0. The van der Waals surface area contributed by atoms with Crippen LogP contribution in [0.3, 0.4) is 0 Å². The van der Waals surface area contributed by atoms with Crippen LogP contribution in [0.15, 0.2) is 108 Å². The van der Waals surface area contributed by atoms with Crippen molar-refractivity contribution in [2.45, 2.75) is 30.9 Å². The second-order valence-corrected chi connectivity index (χ2v) is 11.8. The first kappa shape index (κ1) is 34.0. The molecule has 0 radical (unpaired) electrons. The summed E-state index contributed by atoms with van der Waals surface area (Å²) in [5, 5.41) is 9.90. The first-order valence-electron chi connectivity index (χ1n) is 15.4. The molecule has 4 aromatic rings. The quantitative estimate of drug-likeness (QED) is 0.0929. The maximum absolute atomic E-state index is 14.3. The molecule has 4 aromatic carbocycles. The lowest BCUT2D eigenvalue weighted by molar-refractivity contribution is -0.129. The van der Waals surface area contributed by atoms with Crippen LogP contribution in [0.1, 0.15) is 41.2 Å². The molecule has 244 valence electrons. The molecule has 1 aliphatic heterocycles. The number of carbonyl (C=O) groups excluding carboxylic acids is 1. The number of nitrogens with zero attached hydrogens (tertiary/aromatic N) is 1. The van der Waals surface area contributed by atoms with Gasteiger partial charge in [-0.15, -0.1) is 0 Å². The van der Waals surface area contributed by atoms with Crippen molar-refractivity contribution in [2.75, 3.05) is 26.9 Å². The van der Waals surface area contributed by atoms with Gasteiger partial charge in [-0.3, -0.25) is 10.2 Å². The van der Waals surface area contributed by atoms with E-state index in [0.717, 1.165) is 16.9 Å². The Morgan fingerprint density at radius 2 is 1.81 bits per heavy atom. The number of benzene rings is 4. The normalized spacial score (nSPS) is 17.3. The number of nitrogens with one attached hydrogen (secondary N) is 2. The van der Waals surface area contributed by atoms with E-state index < -0.39 is 11.6 Å². The Hall–Kier alpha value is -4.34. The van der Waals surface area contributed by atoms with Gasteiger partial charge in [-0.05, 0) is 66.1 Å². The smallest absolute Gasteiger partial charge is 0.266 e. The van der Waals surface area contributed by atoms with Crippen molar-refractivity contribution in [1.29, 1.82) is 0 Å². The fraction of sp³-hybridized carbons (Fsp3) is 0.243. The van der Waals surface area contributed by atoms with Crippen LogP contribution in [0.2, 0.25) is 10.0 Å². The van der Waals surface area contributed by atoms with E-state index in [9.17, 15) is 4.79 Å². The van der Waals surface area contributed by atoms with Crippen LogP contribution in [-0.4, -0.2) is 49.3 Å². The molecule has 47 heavy (non-hydrogen) atoms. The molecule has 8 nitrogen and oxygen atoms in total. The molecule has 0 saturated carbocycles. The second-order valence-electron chi connectivity index (χ2n) is 11.0. The third-order valence-corrected chi connectivity index (χ3v) is 8.25. The molecule has 0 spiro atoms. The zero-order chi connectivity index (χ0) is 33.1. The van der Waals surface area contributed by atoms with E-state index in [1.807, 2.05) is 78.9 Å². The molecular weight excluding hydrogens is 637 g/mol. The van der Waals surface area contributed by atoms with Crippen molar-refractivity contribution in [3.8, 4) is 11.5 Å². The number of halogens is 2. The number of hydrogen-bond donors (Lipinski definition) is 3. The van der Waals surface area contributed by atoms with Crippen molar-refractivity contribution in [1.82, 2.24) is 10.9 Å². The fourth-order valence-electron chi connectivity index (χ4n) is 5.23. The van der Waals surface area contributed by atoms with Crippen LogP contribution in [0.4, 0.5) is 0 Å². The number of carbonyl (C=O) groups is 1. The lowest BCUT2D eigenvalue weighted by Crippen LogP contribution is -2.52. The first-order valence-corrected chi connectivity index (χ1v) is 16.1. The minimum absolute atomic E-state index is 0.0517. The maximum atomic E-state index is 14.3. The third kappa shape index (κ3) is 8.73. The summed E-state index contributed by atoms with van der Waals surface area (Å²) in [4.78, 5) is 19.4. The number of aliphatic hydroxyl groups is 1. The van der Waals surface area contributed by atoms with E-state index in [1.165, 1.54) is 0 Å². The number of aliphatic hydroxyl groups excluding tert-OH is 1. The highest BCUT2D eigenvalue weighted by Crippen LogP contribution is 2.45. The zero-order valence-electron chi connectivity index (χ0n) is 26.0. The Labute approximate surface area is 285 Å². The summed E-state index contributed by atoms with van der Waals surface area (Å²) >= 11 is 13.0. The van der Waals surface area contributed by atoms with Gasteiger partial charge >= 0.3 is 0 Å². The molecule has 5 rings (SSSR count). The Kier molecular flexibility index (Phi) is 11.9. The minimum Gasteiger partial charge on any atom is -0.497 e. The monoisotopic (exact) mass is 673 g/mol. The van der Waals surface area contributed by atoms with Crippen LogP contribution in [0, 0.1) is 0 Å². The standard InChI is InChI=1S/C37H37Cl2N3O5/c1-45-31-12-5-10-27(24-31)19-21-40-42-36(44)37(20-6-11-26-8-3-2-4-9-26)34(32-18-15-29(38)25-33(32)39)47-35(41-37)28-13-16-30(17-14-28)46-23-7-22-43/h2-6,8-18,24-25,34,40,43H,7,19-23H2,1H3,(H,42,44)/b11-6+/t34-,37-/m0/s1. The first-order chi connectivity index (χ1) is 22.9. The Morgan fingerprint density at radius 3 is 2.55 bits per heavy atom. The minimum atomic E-state index is -1.43. The summed E-state index contributed by atoms with van der Waals surface area (Å²) in [5.41, 5.74) is 7.85. The van der Waals surface area contributed by atoms with Crippen molar-refractivity contribution >= 4 is 41.1 Å². The summed E-state index contributed by atoms with van der Waals surface area (Å²) < 4.78 is 17.6. The molecule has 1 heterocycles. The number of rotatable bonds is 15. The molecule has 0 aliphatic carbocycles. The zero-order valence-corrected chi connectivity index (χ0v) is 27.5. The number of amides is 1. The summed E-state index contributed by atoms with van der Waals surface area (Å²) in [6.45, 7) is 0.915. The highest BCUT2D eigenvalue weighted by molar-refractivity contribution is 6.35. The van der Waals surface area contributed by atoms with Gasteiger partial charge in [-0.1, -0.05) is 83.9 Å². The molecule has 0 aromatic heterocycles. The van der Waals surface area contributed by atoms with Crippen molar-refractivity contribution in [3.05, 3.63) is 135 Å². The van der Waals surface area contributed by atoms with Gasteiger partial charge in [0.15, 0.2) is 11.6 Å². The second kappa shape index (κ2) is 16.5. The average Bonchev–Trinajstić information content (AvgIpc) is 3.48. The molecule has 0 saturated heterocycles.